The molecule has 0 spiro atoms. The average Bonchev–Trinajstić information content (AvgIpc) is 2.68. The highest BCUT2D eigenvalue weighted by molar-refractivity contribution is 5.59. The molecule has 14 heavy (non-hydrogen) atoms. The summed E-state index contributed by atoms with van der Waals surface area (Å²) in [4.78, 5) is 4.15. The fraction of sp³-hybridized carbons (Fsp3) is 0.182. The van der Waals surface area contributed by atoms with Crippen LogP contribution in [0.5, 0.6) is 0 Å². The third-order valence-electron chi connectivity index (χ3n) is 2.02. The van der Waals surface area contributed by atoms with Gasteiger partial charge in [0, 0.05) is 12.1 Å². The van der Waals surface area contributed by atoms with Gasteiger partial charge in [-0.3, -0.25) is 0 Å². The Hall–Kier alpha value is -1.61. The number of rotatable bonds is 3. The van der Waals surface area contributed by atoms with Crippen LogP contribution in [0.1, 0.15) is 5.69 Å². The lowest BCUT2D eigenvalue weighted by molar-refractivity contribution is 0.570. The molecule has 1 heterocycles. The van der Waals surface area contributed by atoms with Gasteiger partial charge in [-0.15, -0.1) is 0 Å². The number of nitrogens with one attached hydrogen (secondary N) is 1. The lowest BCUT2D eigenvalue weighted by Gasteiger charge is -1.99. The normalized spacial score (nSPS) is 10.4. The predicted molar refractivity (Wildman–Crippen MR) is 54.7 cm³/mol. The van der Waals surface area contributed by atoms with Crippen molar-refractivity contribution in [3.8, 4) is 11.3 Å². The molecule has 0 saturated carbocycles. The van der Waals surface area contributed by atoms with E-state index < -0.39 is 0 Å². The molecular weight excluding hydrogens is 176 g/mol. The van der Waals surface area contributed by atoms with Gasteiger partial charge in [-0.2, -0.15) is 0 Å². The lowest BCUT2D eigenvalue weighted by atomic mass is 10.1. The Morgan fingerprint density at radius 1 is 1.29 bits per heavy atom. The van der Waals surface area contributed by atoms with Crippen LogP contribution >= 0.6 is 0 Å². The van der Waals surface area contributed by atoms with Crippen LogP contribution in [0.2, 0.25) is 0 Å². The van der Waals surface area contributed by atoms with Crippen molar-refractivity contribution in [3.05, 3.63) is 42.4 Å². The lowest BCUT2D eigenvalue weighted by Crippen LogP contribution is -2.06. The van der Waals surface area contributed by atoms with Gasteiger partial charge >= 0.3 is 0 Å². The van der Waals surface area contributed by atoms with Crippen molar-refractivity contribution in [2.24, 2.45) is 0 Å². The van der Waals surface area contributed by atoms with E-state index in [1.807, 2.05) is 37.4 Å². The molecule has 0 saturated heterocycles. The minimum absolute atomic E-state index is 0.723. The summed E-state index contributed by atoms with van der Waals surface area (Å²) in [6.07, 6.45) is 1.48. The van der Waals surface area contributed by atoms with E-state index in [0.29, 0.717) is 0 Å². The van der Waals surface area contributed by atoms with E-state index in [2.05, 4.69) is 10.3 Å². The summed E-state index contributed by atoms with van der Waals surface area (Å²) in [5.41, 5.74) is 2.01. The molecule has 0 aliphatic carbocycles. The van der Waals surface area contributed by atoms with Crippen LogP contribution in [0.4, 0.5) is 0 Å². The maximum atomic E-state index is 5.35. The zero-order chi connectivity index (χ0) is 9.80. The first kappa shape index (κ1) is 8.97. The monoisotopic (exact) mass is 188 g/mol. The van der Waals surface area contributed by atoms with Gasteiger partial charge in [-0.1, -0.05) is 30.3 Å². The Kier molecular flexibility index (Phi) is 2.60. The molecule has 3 heteroatoms. The Labute approximate surface area is 82.8 Å². The summed E-state index contributed by atoms with van der Waals surface area (Å²) < 4.78 is 5.35. The van der Waals surface area contributed by atoms with Crippen LogP contribution in [0, 0.1) is 0 Å². The maximum absolute atomic E-state index is 5.35. The van der Waals surface area contributed by atoms with Crippen LogP contribution in [-0.4, -0.2) is 12.0 Å². The van der Waals surface area contributed by atoms with Gasteiger partial charge < -0.3 is 9.73 Å². The molecule has 3 nitrogen and oxygen atoms in total. The van der Waals surface area contributed by atoms with Gasteiger partial charge in [-0.05, 0) is 7.05 Å². The molecular formula is C11H12N2O. The quantitative estimate of drug-likeness (QED) is 0.801. The topological polar surface area (TPSA) is 38.1 Å². The fourth-order valence-corrected chi connectivity index (χ4v) is 1.39. The number of aromatic nitrogens is 1. The highest BCUT2D eigenvalue weighted by Gasteiger charge is 2.08. The van der Waals surface area contributed by atoms with Crippen molar-refractivity contribution in [2.45, 2.75) is 6.54 Å². The molecule has 0 atom stereocenters. The summed E-state index contributed by atoms with van der Waals surface area (Å²) in [5.74, 6) is 0.847. The first-order chi connectivity index (χ1) is 6.92. The van der Waals surface area contributed by atoms with Crippen molar-refractivity contribution >= 4 is 0 Å². The fourth-order valence-electron chi connectivity index (χ4n) is 1.39. The molecule has 1 aromatic carbocycles. The van der Waals surface area contributed by atoms with E-state index in [1.54, 1.807) is 0 Å². The van der Waals surface area contributed by atoms with E-state index in [4.69, 9.17) is 4.42 Å². The Bertz CT molecular complexity index is 395. The molecule has 0 radical (unpaired) electrons. The van der Waals surface area contributed by atoms with Crippen LogP contribution in [0.3, 0.4) is 0 Å². The minimum Gasteiger partial charge on any atom is -0.443 e. The Morgan fingerprint density at radius 3 is 2.79 bits per heavy atom. The van der Waals surface area contributed by atoms with Gasteiger partial charge in [0.2, 0.25) is 0 Å². The number of hydrogen-bond acceptors (Lipinski definition) is 3. The van der Waals surface area contributed by atoms with Crippen molar-refractivity contribution in [2.75, 3.05) is 7.05 Å². The molecule has 2 rings (SSSR count). The summed E-state index contributed by atoms with van der Waals surface area (Å²) in [7, 11) is 1.89. The Balaban J connectivity index is 2.37. The van der Waals surface area contributed by atoms with E-state index in [1.165, 1.54) is 6.39 Å². The van der Waals surface area contributed by atoms with Crippen molar-refractivity contribution in [3.63, 3.8) is 0 Å². The smallest absolute Gasteiger partial charge is 0.181 e. The summed E-state index contributed by atoms with van der Waals surface area (Å²) >= 11 is 0. The third-order valence-corrected chi connectivity index (χ3v) is 2.02. The van der Waals surface area contributed by atoms with Gasteiger partial charge in [0.05, 0.1) is 0 Å². The van der Waals surface area contributed by atoms with Crippen LogP contribution in [0.25, 0.3) is 11.3 Å². The van der Waals surface area contributed by atoms with Crippen LogP contribution in [-0.2, 0) is 6.54 Å². The van der Waals surface area contributed by atoms with Crippen molar-refractivity contribution < 1.29 is 4.42 Å². The zero-order valence-corrected chi connectivity index (χ0v) is 8.03. The third kappa shape index (κ3) is 1.67. The van der Waals surface area contributed by atoms with Crippen LogP contribution in [0.15, 0.2) is 41.1 Å². The molecule has 0 fully saturated rings. The molecule has 0 aliphatic rings. The average molecular weight is 188 g/mol. The molecule has 1 aromatic heterocycles. The Morgan fingerprint density at radius 2 is 2.07 bits per heavy atom. The molecule has 2 aromatic rings. The van der Waals surface area contributed by atoms with E-state index >= 15 is 0 Å². The summed E-state index contributed by atoms with van der Waals surface area (Å²) in [6.45, 7) is 0.723. The molecule has 0 aliphatic heterocycles. The highest BCUT2D eigenvalue weighted by Crippen LogP contribution is 2.22. The first-order valence-corrected chi connectivity index (χ1v) is 4.54. The molecule has 0 unspecified atom stereocenters. The number of benzene rings is 1. The SMILES string of the molecule is CNCc1ncoc1-c1ccccc1. The molecule has 1 N–H and O–H groups in total. The van der Waals surface area contributed by atoms with E-state index in [9.17, 15) is 0 Å². The van der Waals surface area contributed by atoms with Gasteiger partial charge in [0.25, 0.3) is 0 Å². The van der Waals surface area contributed by atoms with E-state index in [0.717, 1.165) is 23.6 Å². The molecule has 0 amide bonds. The van der Waals surface area contributed by atoms with Gasteiger partial charge in [-0.25, -0.2) is 4.98 Å². The largest absolute Gasteiger partial charge is 0.443 e. The standard InChI is InChI=1S/C11H12N2O/c1-12-7-10-11(14-8-13-10)9-5-3-2-4-6-9/h2-6,8,12H,7H2,1H3. The van der Waals surface area contributed by atoms with Gasteiger partial charge in [0.1, 0.15) is 5.69 Å². The number of hydrogen-bond donors (Lipinski definition) is 1. The highest BCUT2D eigenvalue weighted by atomic mass is 16.3. The summed E-state index contributed by atoms with van der Waals surface area (Å²) in [6, 6.07) is 9.99. The second-order valence-electron chi connectivity index (χ2n) is 3.02. The van der Waals surface area contributed by atoms with Crippen molar-refractivity contribution in [1.82, 2.24) is 10.3 Å². The minimum atomic E-state index is 0.723. The summed E-state index contributed by atoms with van der Waals surface area (Å²) in [5, 5.41) is 3.06. The zero-order valence-electron chi connectivity index (χ0n) is 8.03. The number of oxazole rings is 1. The molecule has 0 bridgehead atoms. The predicted octanol–water partition coefficient (Wildman–Crippen LogP) is 2.06. The second-order valence-corrected chi connectivity index (χ2v) is 3.02. The van der Waals surface area contributed by atoms with Crippen LogP contribution < -0.4 is 5.32 Å². The molecule has 72 valence electrons. The second kappa shape index (κ2) is 4.07. The van der Waals surface area contributed by atoms with Gasteiger partial charge in [0.15, 0.2) is 12.2 Å². The van der Waals surface area contributed by atoms with E-state index in [-0.39, 0.29) is 0 Å². The first-order valence-electron chi connectivity index (χ1n) is 4.54. The van der Waals surface area contributed by atoms with Crippen molar-refractivity contribution in [1.29, 1.82) is 0 Å². The maximum Gasteiger partial charge on any atom is 0.181 e. The number of nitrogens with zero attached hydrogens (tertiary/aromatic N) is 1.